The van der Waals surface area contributed by atoms with Crippen LogP contribution in [0.15, 0.2) is 41.3 Å². The van der Waals surface area contributed by atoms with Crippen LogP contribution in [-0.2, 0) is 14.8 Å². The average molecular weight is 451 g/mol. The van der Waals surface area contributed by atoms with Crippen LogP contribution in [0, 0.1) is 0 Å². The molecule has 0 atom stereocenters. The fraction of sp³-hybridized carbons (Fsp3) is 0.381. The van der Waals surface area contributed by atoms with Gasteiger partial charge in [0.05, 0.1) is 39.6 Å². The first kappa shape index (κ1) is 22.9. The number of morpholine rings is 1. The Morgan fingerprint density at radius 2 is 1.84 bits per heavy atom. The van der Waals surface area contributed by atoms with Crippen LogP contribution in [0.5, 0.6) is 17.2 Å². The Kier molecular flexibility index (Phi) is 7.37. The van der Waals surface area contributed by atoms with E-state index in [1.54, 1.807) is 31.2 Å². The molecule has 1 aliphatic rings. The highest BCUT2D eigenvalue weighted by atomic mass is 32.2. The number of para-hydroxylation sites is 1. The number of amides is 1. The minimum absolute atomic E-state index is 0.00772. The largest absolute Gasteiger partial charge is 0.493 e. The van der Waals surface area contributed by atoms with Crippen molar-refractivity contribution in [2.24, 2.45) is 0 Å². The summed E-state index contributed by atoms with van der Waals surface area (Å²) in [7, 11) is -0.905. The topological polar surface area (TPSA) is 103 Å². The minimum Gasteiger partial charge on any atom is -0.493 e. The van der Waals surface area contributed by atoms with Crippen molar-refractivity contribution >= 4 is 21.6 Å². The van der Waals surface area contributed by atoms with Gasteiger partial charge in [0, 0.05) is 18.8 Å². The van der Waals surface area contributed by atoms with Crippen molar-refractivity contribution in [2.75, 3.05) is 52.4 Å². The van der Waals surface area contributed by atoms with Crippen LogP contribution in [0.3, 0.4) is 0 Å². The van der Waals surface area contributed by atoms with Gasteiger partial charge in [0.15, 0.2) is 11.5 Å². The molecule has 3 rings (SSSR count). The molecule has 1 N–H and O–H groups in total. The normalized spacial score (nSPS) is 14.7. The van der Waals surface area contributed by atoms with Gasteiger partial charge in [-0.25, -0.2) is 8.42 Å². The number of ether oxygens (including phenoxy) is 4. The molecule has 0 unspecified atom stereocenters. The summed E-state index contributed by atoms with van der Waals surface area (Å²) >= 11 is 0. The van der Waals surface area contributed by atoms with Gasteiger partial charge in [-0.3, -0.25) is 4.79 Å². The fourth-order valence-corrected chi connectivity index (χ4v) is 4.82. The average Bonchev–Trinajstić information content (AvgIpc) is 2.80. The van der Waals surface area contributed by atoms with Gasteiger partial charge < -0.3 is 24.3 Å². The second kappa shape index (κ2) is 9.99. The summed E-state index contributed by atoms with van der Waals surface area (Å²) in [5.41, 5.74) is 0.568. The molecule has 0 spiro atoms. The van der Waals surface area contributed by atoms with Crippen molar-refractivity contribution < 1.29 is 32.2 Å². The number of nitrogens with one attached hydrogen (secondary N) is 1. The predicted molar refractivity (Wildman–Crippen MR) is 115 cm³/mol. The molecule has 1 amide bonds. The molecule has 1 fully saturated rings. The zero-order chi connectivity index (χ0) is 22.4. The molecule has 0 aromatic heterocycles. The van der Waals surface area contributed by atoms with Crippen LogP contribution in [0.1, 0.15) is 17.3 Å². The number of anilines is 1. The van der Waals surface area contributed by atoms with Crippen LogP contribution in [-0.4, -0.2) is 65.8 Å². The van der Waals surface area contributed by atoms with Gasteiger partial charge in [-0.1, -0.05) is 6.07 Å². The van der Waals surface area contributed by atoms with Crippen LogP contribution >= 0.6 is 0 Å². The van der Waals surface area contributed by atoms with Crippen LogP contribution < -0.4 is 19.5 Å². The fourth-order valence-electron chi connectivity index (χ4n) is 3.25. The molecule has 1 aliphatic heterocycles. The third-order valence-corrected chi connectivity index (χ3v) is 6.66. The van der Waals surface area contributed by atoms with E-state index < -0.39 is 15.9 Å². The Labute approximate surface area is 181 Å². The first-order valence-electron chi connectivity index (χ1n) is 9.79. The van der Waals surface area contributed by atoms with Crippen LogP contribution in [0.4, 0.5) is 5.69 Å². The highest BCUT2D eigenvalue weighted by molar-refractivity contribution is 7.89. The summed E-state index contributed by atoms with van der Waals surface area (Å²) in [5, 5.41) is 2.73. The van der Waals surface area contributed by atoms with Crippen LogP contribution in [0.25, 0.3) is 0 Å². The highest BCUT2D eigenvalue weighted by Crippen LogP contribution is 2.33. The molecule has 0 radical (unpaired) electrons. The molecular formula is C21H26N2O7S. The quantitative estimate of drug-likeness (QED) is 0.659. The number of hydrogen-bond acceptors (Lipinski definition) is 7. The van der Waals surface area contributed by atoms with Gasteiger partial charge >= 0.3 is 0 Å². The molecule has 1 saturated heterocycles. The van der Waals surface area contributed by atoms with Gasteiger partial charge in [0.25, 0.3) is 5.91 Å². The van der Waals surface area contributed by atoms with Crippen molar-refractivity contribution in [1.82, 2.24) is 4.31 Å². The lowest BCUT2D eigenvalue weighted by Crippen LogP contribution is -2.40. The Balaban J connectivity index is 1.95. The molecule has 9 nitrogen and oxygen atoms in total. The van der Waals surface area contributed by atoms with E-state index in [0.29, 0.717) is 31.3 Å². The molecule has 31 heavy (non-hydrogen) atoms. The molecule has 168 valence electrons. The Hall–Kier alpha value is -2.82. The Morgan fingerprint density at radius 1 is 1.10 bits per heavy atom. The molecule has 0 saturated carbocycles. The summed E-state index contributed by atoms with van der Waals surface area (Å²) in [6.07, 6.45) is 0. The summed E-state index contributed by atoms with van der Waals surface area (Å²) in [4.78, 5) is 12.9. The number of rotatable bonds is 8. The van der Waals surface area contributed by atoms with E-state index in [9.17, 15) is 13.2 Å². The lowest BCUT2D eigenvalue weighted by atomic mass is 10.1. The van der Waals surface area contributed by atoms with Gasteiger partial charge in [-0.05, 0) is 37.3 Å². The second-order valence-electron chi connectivity index (χ2n) is 6.61. The number of benzene rings is 2. The summed E-state index contributed by atoms with van der Waals surface area (Å²) in [5.74, 6) is 0.465. The Bertz CT molecular complexity index is 1030. The van der Waals surface area contributed by atoms with E-state index in [4.69, 9.17) is 18.9 Å². The monoisotopic (exact) mass is 450 g/mol. The summed E-state index contributed by atoms with van der Waals surface area (Å²) in [6.45, 7) is 3.25. The van der Waals surface area contributed by atoms with Crippen molar-refractivity contribution in [3.05, 3.63) is 42.0 Å². The molecular weight excluding hydrogens is 424 g/mol. The molecule has 2 aromatic carbocycles. The standard InChI is InChI=1S/C21H26N2O7S/c1-4-30-17-9-8-15(14-19(17)31(25,26)23-10-12-29-13-11-23)22-21(24)16-6-5-7-18(27-2)20(16)28-3/h5-9,14H,4,10-13H2,1-3H3,(H,22,24). The van der Waals surface area contributed by atoms with Gasteiger partial charge in [0.2, 0.25) is 10.0 Å². The Morgan fingerprint density at radius 3 is 2.48 bits per heavy atom. The van der Waals surface area contributed by atoms with Crippen molar-refractivity contribution in [2.45, 2.75) is 11.8 Å². The maximum atomic E-state index is 13.2. The lowest BCUT2D eigenvalue weighted by molar-refractivity contribution is 0.0729. The third-order valence-electron chi connectivity index (χ3n) is 4.74. The van der Waals surface area contributed by atoms with E-state index in [2.05, 4.69) is 5.32 Å². The van der Waals surface area contributed by atoms with Gasteiger partial charge in [0.1, 0.15) is 10.6 Å². The highest BCUT2D eigenvalue weighted by Gasteiger charge is 2.30. The SMILES string of the molecule is CCOc1ccc(NC(=O)c2cccc(OC)c2OC)cc1S(=O)(=O)N1CCOCC1. The zero-order valence-corrected chi connectivity index (χ0v) is 18.5. The van der Waals surface area contributed by atoms with E-state index >= 15 is 0 Å². The number of carbonyl (C=O) groups excluding carboxylic acids is 1. The zero-order valence-electron chi connectivity index (χ0n) is 17.7. The second-order valence-corrected chi connectivity index (χ2v) is 8.51. The number of carbonyl (C=O) groups is 1. The third kappa shape index (κ3) is 4.92. The first-order valence-corrected chi connectivity index (χ1v) is 11.2. The predicted octanol–water partition coefficient (Wildman–Crippen LogP) is 2.38. The van der Waals surface area contributed by atoms with Gasteiger partial charge in [-0.15, -0.1) is 0 Å². The lowest BCUT2D eigenvalue weighted by Gasteiger charge is -2.27. The van der Waals surface area contributed by atoms with Crippen molar-refractivity contribution in [3.63, 3.8) is 0 Å². The van der Waals surface area contributed by atoms with E-state index in [-0.39, 0.29) is 35.0 Å². The number of methoxy groups -OCH3 is 2. The number of hydrogen-bond donors (Lipinski definition) is 1. The molecule has 10 heteroatoms. The van der Waals surface area contributed by atoms with Crippen molar-refractivity contribution in [3.8, 4) is 17.2 Å². The van der Waals surface area contributed by atoms with Gasteiger partial charge in [-0.2, -0.15) is 4.31 Å². The smallest absolute Gasteiger partial charge is 0.259 e. The van der Waals surface area contributed by atoms with E-state index in [1.807, 2.05) is 0 Å². The molecule has 0 bridgehead atoms. The summed E-state index contributed by atoms with van der Waals surface area (Å²) < 4.78 is 49.1. The molecule has 0 aliphatic carbocycles. The maximum absolute atomic E-state index is 13.2. The number of nitrogens with zero attached hydrogens (tertiary/aromatic N) is 1. The molecule has 2 aromatic rings. The summed E-state index contributed by atoms with van der Waals surface area (Å²) in [6, 6.07) is 9.47. The molecule has 1 heterocycles. The minimum atomic E-state index is -3.83. The van der Waals surface area contributed by atoms with Crippen LogP contribution in [0.2, 0.25) is 0 Å². The van der Waals surface area contributed by atoms with Crippen molar-refractivity contribution in [1.29, 1.82) is 0 Å². The maximum Gasteiger partial charge on any atom is 0.259 e. The number of sulfonamides is 1. The first-order chi connectivity index (χ1) is 14.9. The van der Waals surface area contributed by atoms with E-state index in [1.165, 1.54) is 30.7 Å². The van der Waals surface area contributed by atoms with E-state index in [0.717, 1.165) is 0 Å².